The molecule has 0 N–H and O–H groups in total. The first-order valence-corrected chi connectivity index (χ1v) is 18.3. The van der Waals surface area contributed by atoms with Crippen LogP contribution in [-0.2, 0) is 35.2 Å². The van der Waals surface area contributed by atoms with E-state index in [1.807, 2.05) is 72.5 Å². The maximum absolute atomic E-state index is 14.6. The van der Waals surface area contributed by atoms with Gasteiger partial charge in [-0.15, -0.1) is 0 Å². The summed E-state index contributed by atoms with van der Waals surface area (Å²) < 4.78 is 39.5. The molecule has 0 aliphatic carbocycles. The molecule has 3 aromatic carbocycles. The molecule has 1 saturated heterocycles. The van der Waals surface area contributed by atoms with Crippen LogP contribution in [0.25, 0.3) is 6.08 Å². The van der Waals surface area contributed by atoms with Gasteiger partial charge in [-0.2, -0.15) is 13.2 Å². The summed E-state index contributed by atoms with van der Waals surface area (Å²) in [5.41, 5.74) is 5.07. The van der Waals surface area contributed by atoms with Crippen LogP contribution >= 0.6 is 0 Å². The molecule has 1 unspecified atom stereocenters. The number of carbonyl (C=O) groups is 2. The van der Waals surface area contributed by atoms with E-state index in [9.17, 15) is 22.8 Å². The molecular formula is C44H52F3N3O2. The number of hydrogen-bond donors (Lipinski definition) is 0. The van der Waals surface area contributed by atoms with Crippen molar-refractivity contribution in [3.05, 3.63) is 148 Å². The molecule has 1 atom stereocenters. The topological polar surface area (TPSA) is 43.9 Å². The van der Waals surface area contributed by atoms with Crippen LogP contribution in [0.15, 0.2) is 121 Å². The molecule has 0 spiro atoms. The second-order valence-electron chi connectivity index (χ2n) is 13.5. The van der Waals surface area contributed by atoms with E-state index in [2.05, 4.69) is 43.9 Å². The number of benzene rings is 3. The number of alkyl halides is 3. The zero-order valence-electron chi connectivity index (χ0n) is 30.9. The lowest BCUT2D eigenvalue weighted by Crippen LogP contribution is -2.56. The first kappa shape index (κ1) is 39.9. The minimum atomic E-state index is -4.45. The lowest BCUT2D eigenvalue weighted by molar-refractivity contribution is -0.145. The summed E-state index contributed by atoms with van der Waals surface area (Å²) in [4.78, 5) is 34.6. The fraction of sp³-hybridized carbons (Fsp3) is 0.364. The average Bonchev–Trinajstić information content (AvgIpc) is 3.14. The van der Waals surface area contributed by atoms with Gasteiger partial charge in [0, 0.05) is 50.9 Å². The second-order valence-corrected chi connectivity index (χ2v) is 13.5. The first-order chi connectivity index (χ1) is 25.0. The van der Waals surface area contributed by atoms with Crippen LogP contribution in [0, 0.1) is 0 Å². The molecule has 0 bridgehead atoms. The SMILES string of the molecule is C/C=C\C=C/C(=C(C)C)N1CCN(C(=O)C(Cc2ccccc2)N(Cc2ccc(CCCCC)cc2)C(=O)/C=C/c2ccc(C(F)(F)F)cc2)CC1. The Kier molecular flexibility index (Phi) is 15.1. The molecule has 8 heteroatoms. The van der Waals surface area contributed by atoms with Crippen LogP contribution in [0.2, 0.25) is 0 Å². The van der Waals surface area contributed by atoms with Crippen LogP contribution in [0.3, 0.4) is 0 Å². The summed E-state index contributed by atoms with van der Waals surface area (Å²) in [6.45, 7) is 10.9. The number of aryl methyl sites for hydroxylation is 1. The number of halogens is 3. The number of allylic oxidation sites excluding steroid dienone is 5. The molecule has 276 valence electrons. The third kappa shape index (κ3) is 11.9. The Morgan fingerprint density at radius 1 is 0.788 bits per heavy atom. The molecule has 1 aliphatic heterocycles. The van der Waals surface area contributed by atoms with Gasteiger partial charge in [0.15, 0.2) is 0 Å². The van der Waals surface area contributed by atoms with Gasteiger partial charge in [-0.3, -0.25) is 9.59 Å². The highest BCUT2D eigenvalue weighted by atomic mass is 19.4. The molecule has 52 heavy (non-hydrogen) atoms. The van der Waals surface area contributed by atoms with Crippen molar-refractivity contribution in [1.82, 2.24) is 14.7 Å². The van der Waals surface area contributed by atoms with Gasteiger partial charge in [-0.25, -0.2) is 0 Å². The smallest absolute Gasteiger partial charge is 0.368 e. The van der Waals surface area contributed by atoms with E-state index in [0.717, 1.165) is 54.6 Å². The lowest BCUT2D eigenvalue weighted by atomic mass is 10.0. The van der Waals surface area contributed by atoms with E-state index >= 15 is 0 Å². The van der Waals surface area contributed by atoms with Crippen LogP contribution in [0.4, 0.5) is 13.2 Å². The highest BCUT2D eigenvalue weighted by Crippen LogP contribution is 2.29. The van der Waals surface area contributed by atoms with Crippen molar-refractivity contribution in [3.8, 4) is 0 Å². The third-order valence-corrected chi connectivity index (χ3v) is 9.32. The zero-order valence-corrected chi connectivity index (χ0v) is 30.9. The Balaban J connectivity index is 1.65. The number of rotatable bonds is 15. The van der Waals surface area contributed by atoms with E-state index < -0.39 is 17.8 Å². The quantitative estimate of drug-likeness (QED) is 0.0896. The van der Waals surface area contributed by atoms with Gasteiger partial charge in [0.25, 0.3) is 0 Å². The summed E-state index contributed by atoms with van der Waals surface area (Å²) in [6.07, 6.45) is 11.2. The van der Waals surface area contributed by atoms with Crippen LogP contribution in [-0.4, -0.2) is 58.7 Å². The molecule has 1 heterocycles. The zero-order chi connectivity index (χ0) is 37.5. The van der Waals surface area contributed by atoms with E-state index in [0.29, 0.717) is 38.2 Å². The van der Waals surface area contributed by atoms with Crippen LogP contribution in [0.1, 0.15) is 74.8 Å². The summed E-state index contributed by atoms with van der Waals surface area (Å²) in [5, 5.41) is 0. The number of piperazine rings is 1. The van der Waals surface area contributed by atoms with Gasteiger partial charge in [0.1, 0.15) is 6.04 Å². The fourth-order valence-electron chi connectivity index (χ4n) is 6.37. The third-order valence-electron chi connectivity index (χ3n) is 9.32. The van der Waals surface area contributed by atoms with Gasteiger partial charge in [-0.1, -0.05) is 110 Å². The van der Waals surface area contributed by atoms with E-state index in [4.69, 9.17) is 0 Å². The molecule has 0 saturated carbocycles. The summed E-state index contributed by atoms with van der Waals surface area (Å²) in [5.74, 6) is -0.514. The molecule has 0 radical (unpaired) electrons. The number of carbonyl (C=O) groups excluding carboxylic acids is 2. The maximum Gasteiger partial charge on any atom is 0.416 e. The largest absolute Gasteiger partial charge is 0.416 e. The van der Waals surface area contributed by atoms with Crippen LogP contribution in [0.5, 0.6) is 0 Å². The van der Waals surface area contributed by atoms with Crippen molar-refractivity contribution in [2.45, 2.75) is 78.6 Å². The van der Waals surface area contributed by atoms with Crippen molar-refractivity contribution in [1.29, 1.82) is 0 Å². The Labute approximate surface area is 307 Å². The molecule has 4 rings (SSSR count). The standard InChI is InChI=1S/C44H52F3N3O2/c1-5-7-10-14-35-18-20-38(21-19-35)33-50(42(51)27-24-36-22-25-39(26-23-36)44(45,46)47)41(32-37-15-12-9-13-16-37)43(52)49-30-28-48(29-31-49)40(34(3)4)17-11-8-6-2/h6,8-9,11-13,15-27,41H,5,7,10,14,28-33H2,1-4H3/b8-6-,17-11-,27-24+. The average molecular weight is 712 g/mol. The van der Waals surface area contributed by atoms with Gasteiger partial charge < -0.3 is 14.7 Å². The summed E-state index contributed by atoms with van der Waals surface area (Å²) in [6, 6.07) is 21.8. The molecule has 1 aliphatic rings. The minimum Gasteiger partial charge on any atom is -0.368 e. The molecule has 0 aromatic heterocycles. The molecular weight excluding hydrogens is 659 g/mol. The van der Waals surface area contributed by atoms with E-state index in [1.54, 1.807) is 4.90 Å². The molecule has 5 nitrogen and oxygen atoms in total. The highest BCUT2D eigenvalue weighted by molar-refractivity contribution is 5.95. The van der Waals surface area contributed by atoms with E-state index in [1.165, 1.54) is 35.4 Å². The molecule has 3 aromatic rings. The van der Waals surface area contributed by atoms with Crippen molar-refractivity contribution in [3.63, 3.8) is 0 Å². The van der Waals surface area contributed by atoms with Crippen molar-refractivity contribution < 1.29 is 22.8 Å². The predicted molar refractivity (Wildman–Crippen MR) is 205 cm³/mol. The Hall–Kier alpha value is -4.85. The Morgan fingerprint density at radius 2 is 1.42 bits per heavy atom. The first-order valence-electron chi connectivity index (χ1n) is 18.3. The highest BCUT2D eigenvalue weighted by Gasteiger charge is 2.34. The van der Waals surface area contributed by atoms with Gasteiger partial charge in [0.05, 0.1) is 5.56 Å². The molecule has 2 amide bonds. The molecule has 1 fully saturated rings. The lowest BCUT2D eigenvalue weighted by Gasteiger charge is -2.40. The van der Waals surface area contributed by atoms with Crippen molar-refractivity contribution in [2.75, 3.05) is 26.2 Å². The minimum absolute atomic E-state index is 0.126. The number of amides is 2. The van der Waals surface area contributed by atoms with Crippen LogP contribution < -0.4 is 0 Å². The maximum atomic E-state index is 14.6. The van der Waals surface area contributed by atoms with Crippen molar-refractivity contribution in [2.24, 2.45) is 0 Å². The summed E-state index contributed by atoms with van der Waals surface area (Å²) in [7, 11) is 0. The van der Waals surface area contributed by atoms with Gasteiger partial charge in [-0.05, 0) is 80.2 Å². The number of nitrogens with zero attached hydrogens (tertiary/aromatic N) is 3. The van der Waals surface area contributed by atoms with E-state index in [-0.39, 0.29) is 18.4 Å². The summed E-state index contributed by atoms with van der Waals surface area (Å²) >= 11 is 0. The monoisotopic (exact) mass is 711 g/mol. The fourth-order valence-corrected chi connectivity index (χ4v) is 6.37. The number of unbranched alkanes of at least 4 members (excludes halogenated alkanes) is 2. The van der Waals surface area contributed by atoms with Crippen molar-refractivity contribution >= 4 is 17.9 Å². The Bertz CT molecular complexity index is 1700. The second kappa shape index (κ2) is 19.7. The predicted octanol–water partition coefficient (Wildman–Crippen LogP) is 9.66. The normalized spacial score (nSPS) is 14.4. The van der Waals surface area contributed by atoms with Gasteiger partial charge in [0.2, 0.25) is 11.8 Å². The van der Waals surface area contributed by atoms with Gasteiger partial charge >= 0.3 is 6.18 Å². The Morgan fingerprint density at radius 3 is 2.02 bits per heavy atom. The number of hydrogen-bond acceptors (Lipinski definition) is 3.